The summed E-state index contributed by atoms with van der Waals surface area (Å²) in [6, 6.07) is 15.3. The smallest absolute Gasteiger partial charge is 0.338 e. The van der Waals surface area contributed by atoms with Crippen LogP contribution in [0.25, 0.3) is 33.1 Å². The molecule has 128 valence electrons. The SMILES string of the molecule is COC(=O)c1cccc2c(=O)n3c(cc12)-c1[nH]c2ccccc2c1CC3. The Morgan fingerprint density at radius 3 is 2.73 bits per heavy atom. The number of nitrogens with one attached hydrogen (secondary N) is 1. The van der Waals surface area contributed by atoms with Gasteiger partial charge in [-0.05, 0) is 36.2 Å². The number of methoxy groups -OCH3 is 1. The highest BCUT2D eigenvalue weighted by Gasteiger charge is 2.24. The number of aromatic amines is 1. The third-order valence-corrected chi connectivity index (χ3v) is 5.21. The number of benzene rings is 2. The minimum atomic E-state index is -0.437. The van der Waals surface area contributed by atoms with Gasteiger partial charge in [0.1, 0.15) is 0 Å². The van der Waals surface area contributed by atoms with Crippen molar-refractivity contribution in [1.82, 2.24) is 9.55 Å². The molecule has 1 aliphatic heterocycles. The first-order chi connectivity index (χ1) is 12.7. The van der Waals surface area contributed by atoms with Crippen LogP contribution in [-0.4, -0.2) is 22.6 Å². The summed E-state index contributed by atoms with van der Waals surface area (Å²) in [5, 5.41) is 2.35. The lowest BCUT2D eigenvalue weighted by atomic mass is 9.98. The molecule has 0 atom stereocenters. The van der Waals surface area contributed by atoms with Gasteiger partial charge in [0.25, 0.3) is 5.56 Å². The van der Waals surface area contributed by atoms with Gasteiger partial charge in [0.05, 0.1) is 24.1 Å². The molecule has 2 aromatic carbocycles. The fraction of sp³-hybridized carbons (Fsp3) is 0.143. The van der Waals surface area contributed by atoms with Crippen molar-refractivity contribution < 1.29 is 9.53 Å². The van der Waals surface area contributed by atoms with E-state index in [2.05, 4.69) is 11.1 Å². The Hall–Kier alpha value is -3.34. The first kappa shape index (κ1) is 15.0. The standard InChI is InChI=1S/C21H16N2O3/c1-26-21(25)15-7-4-6-14-16(15)11-18-19-13(9-10-23(18)20(14)24)12-5-2-3-8-17(12)22-19/h2-8,11,22H,9-10H2,1H3. The maximum atomic E-state index is 13.1. The van der Waals surface area contributed by atoms with Gasteiger partial charge in [-0.2, -0.15) is 0 Å². The van der Waals surface area contributed by atoms with Crippen LogP contribution in [0, 0.1) is 0 Å². The molecule has 26 heavy (non-hydrogen) atoms. The van der Waals surface area contributed by atoms with Crippen LogP contribution < -0.4 is 5.56 Å². The Bertz CT molecular complexity index is 1260. The number of fused-ring (bicyclic) bond motifs is 6. The Balaban J connectivity index is 1.89. The summed E-state index contributed by atoms with van der Waals surface area (Å²) in [4.78, 5) is 28.7. The minimum absolute atomic E-state index is 0.0763. The molecule has 0 spiro atoms. The van der Waals surface area contributed by atoms with Crippen molar-refractivity contribution in [2.45, 2.75) is 13.0 Å². The summed E-state index contributed by atoms with van der Waals surface area (Å²) in [7, 11) is 1.35. The lowest BCUT2D eigenvalue weighted by Crippen LogP contribution is -2.26. The normalized spacial score (nSPS) is 12.8. The van der Waals surface area contributed by atoms with Gasteiger partial charge in [0.2, 0.25) is 0 Å². The minimum Gasteiger partial charge on any atom is -0.465 e. The number of nitrogens with zero attached hydrogens (tertiary/aromatic N) is 1. The van der Waals surface area contributed by atoms with Gasteiger partial charge in [0.15, 0.2) is 0 Å². The second kappa shape index (κ2) is 5.33. The molecule has 0 fully saturated rings. The molecule has 0 amide bonds. The topological polar surface area (TPSA) is 64.1 Å². The van der Waals surface area contributed by atoms with E-state index in [0.717, 1.165) is 23.3 Å². The molecule has 5 heteroatoms. The number of ether oxygens (including phenoxy) is 1. The Labute approximate surface area is 148 Å². The number of carbonyl (C=O) groups excluding carboxylic acids is 1. The number of aromatic nitrogens is 2. The van der Waals surface area contributed by atoms with Gasteiger partial charge in [0, 0.05) is 28.2 Å². The van der Waals surface area contributed by atoms with Crippen LogP contribution in [0.5, 0.6) is 0 Å². The molecular formula is C21H16N2O3. The van der Waals surface area contributed by atoms with Gasteiger partial charge in [-0.1, -0.05) is 24.3 Å². The zero-order chi connectivity index (χ0) is 17.8. The van der Waals surface area contributed by atoms with Crippen LogP contribution in [0.4, 0.5) is 0 Å². The van der Waals surface area contributed by atoms with Crippen molar-refractivity contribution >= 4 is 27.6 Å². The van der Waals surface area contributed by atoms with E-state index < -0.39 is 5.97 Å². The molecule has 2 aromatic heterocycles. The number of hydrogen-bond donors (Lipinski definition) is 1. The Morgan fingerprint density at radius 1 is 1.08 bits per heavy atom. The lowest BCUT2D eigenvalue weighted by molar-refractivity contribution is 0.0603. The van der Waals surface area contributed by atoms with Gasteiger partial charge < -0.3 is 14.3 Å². The van der Waals surface area contributed by atoms with Gasteiger partial charge >= 0.3 is 5.97 Å². The van der Waals surface area contributed by atoms with Crippen LogP contribution in [0.1, 0.15) is 15.9 Å². The van der Waals surface area contributed by atoms with E-state index in [4.69, 9.17) is 4.74 Å². The maximum absolute atomic E-state index is 13.1. The molecule has 0 bridgehead atoms. The van der Waals surface area contributed by atoms with E-state index in [0.29, 0.717) is 22.9 Å². The first-order valence-electron chi connectivity index (χ1n) is 8.54. The number of esters is 1. The highest BCUT2D eigenvalue weighted by molar-refractivity contribution is 6.05. The number of carbonyl (C=O) groups is 1. The number of H-pyrrole nitrogens is 1. The van der Waals surface area contributed by atoms with E-state index in [9.17, 15) is 9.59 Å². The molecule has 0 aliphatic carbocycles. The zero-order valence-electron chi connectivity index (χ0n) is 14.2. The van der Waals surface area contributed by atoms with Crippen molar-refractivity contribution in [3.8, 4) is 11.4 Å². The summed E-state index contributed by atoms with van der Waals surface area (Å²) < 4.78 is 6.68. The molecule has 0 unspecified atom stereocenters. The van der Waals surface area contributed by atoms with E-state index >= 15 is 0 Å². The van der Waals surface area contributed by atoms with Gasteiger partial charge in [-0.15, -0.1) is 0 Å². The summed E-state index contributed by atoms with van der Waals surface area (Å²) >= 11 is 0. The lowest BCUT2D eigenvalue weighted by Gasteiger charge is -2.20. The molecule has 5 rings (SSSR count). The zero-order valence-corrected chi connectivity index (χ0v) is 14.2. The molecule has 4 aromatic rings. The average molecular weight is 344 g/mol. The molecule has 0 saturated heterocycles. The predicted molar refractivity (Wildman–Crippen MR) is 101 cm³/mol. The molecule has 0 saturated carbocycles. The second-order valence-corrected chi connectivity index (χ2v) is 6.52. The van der Waals surface area contributed by atoms with Crippen molar-refractivity contribution in [3.63, 3.8) is 0 Å². The number of pyridine rings is 1. The number of rotatable bonds is 1. The summed E-state index contributed by atoms with van der Waals surface area (Å²) in [5.74, 6) is -0.437. The number of aryl methyl sites for hydroxylation is 1. The number of para-hydroxylation sites is 1. The third kappa shape index (κ3) is 1.91. The second-order valence-electron chi connectivity index (χ2n) is 6.52. The van der Waals surface area contributed by atoms with Crippen molar-refractivity contribution in [2.24, 2.45) is 0 Å². The van der Waals surface area contributed by atoms with E-state index in [1.807, 2.05) is 24.3 Å². The van der Waals surface area contributed by atoms with Crippen molar-refractivity contribution in [1.29, 1.82) is 0 Å². The van der Waals surface area contributed by atoms with E-state index in [1.54, 1.807) is 22.8 Å². The van der Waals surface area contributed by atoms with Crippen molar-refractivity contribution in [3.05, 3.63) is 70.0 Å². The fourth-order valence-electron chi connectivity index (χ4n) is 4.00. The summed E-state index contributed by atoms with van der Waals surface area (Å²) in [6.45, 7) is 0.626. The average Bonchev–Trinajstić information content (AvgIpc) is 3.06. The quantitative estimate of drug-likeness (QED) is 0.538. The molecule has 1 N–H and O–H groups in total. The van der Waals surface area contributed by atoms with Crippen LogP contribution in [0.3, 0.4) is 0 Å². The first-order valence-corrected chi connectivity index (χ1v) is 8.54. The molecule has 0 radical (unpaired) electrons. The molecular weight excluding hydrogens is 328 g/mol. The fourth-order valence-corrected chi connectivity index (χ4v) is 4.00. The third-order valence-electron chi connectivity index (χ3n) is 5.21. The maximum Gasteiger partial charge on any atom is 0.338 e. The molecule has 1 aliphatic rings. The summed E-state index contributed by atoms with van der Waals surface area (Å²) in [6.07, 6.45) is 0.800. The van der Waals surface area contributed by atoms with Crippen LogP contribution in [0.2, 0.25) is 0 Å². The van der Waals surface area contributed by atoms with Crippen molar-refractivity contribution in [2.75, 3.05) is 7.11 Å². The largest absolute Gasteiger partial charge is 0.465 e. The Morgan fingerprint density at radius 2 is 1.88 bits per heavy atom. The number of hydrogen-bond acceptors (Lipinski definition) is 3. The van der Waals surface area contributed by atoms with E-state index in [1.165, 1.54) is 18.1 Å². The highest BCUT2D eigenvalue weighted by atomic mass is 16.5. The van der Waals surface area contributed by atoms with Gasteiger partial charge in [-0.25, -0.2) is 4.79 Å². The highest BCUT2D eigenvalue weighted by Crippen LogP contribution is 2.35. The monoisotopic (exact) mass is 344 g/mol. The van der Waals surface area contributed by atoms with Gasteiger partial charge in [-0.3, -0.25) is 4.79 Å². The molecule has 3 heterocycles. The van der Waals surface area contributed by atoms with Crippen LogP contribution in [0.15, 0.2) is 53.3 Å². The predicted octanol–water partition coefficient (Wildman–Crippen LogP) is 3.49. The summed E-state index contributed by atoms with van der Waals surface area (Å²) in [5.41, 5.74) is 4.38. The van der Waals surface area contributed by atoms with E-state index in [-0.39, 0.29) is 5.56 Å². The van der Waals surface area contributed by atoms with Crippen LogP contribution >= 0.6 is 0 Å². The van der Waals surface area contributed by atoms with Crippen LogP contribution in [-0.2, 0) is 17.7 Å². The Kier molecular flexibility index (Phi) is 3.06. The molecule has 5 nitrogen and oxygen atoms in total.